The third-order valence-electron chi connectivity index (χ3n) is 5.79. The van der Waals surface area contributed by atoms with Crippen molar-refractivity contribution in [3.8, 4) is 5.69 Å². The smallest absolute Gasteiger partial charge is 0.328 e. The van der Waals surface area contributed by atoms with E-state index in [1.54, 1.807) is 18.2 Å². The number of hydrogen-bond donors (Lipinski definition) is 3. The van der Waals surface area contributed by atoms with Crippen molar-refractivity contribution in [3.63, 3.8) is 0 Å². The molecule has 0 fully saturated rings. The van der Waals surface area contributed by atoms with Gasteiger partial charge in [-0.25, -0.2) is 36.5 Å². The van der Waals surface area contributed by atoms with Gasteiger partial charge in [0.1, 0.15) is 5.82 Å². The van der Waals surface area contributed by atoms with Crippen LogP contribution >= 0.6 is 0 Å². The Hall–Kier alpha value is -3.74. The van der Waals surface area contributed by atoms with E-state index in [0.29, 0.717) is 18.4 Å². The van der Waals surface area contributed by atoms with Gasteiger partial charge < -0.3 is 5.32 Å². The van der Waals surface area contributed by atoms with Crippen molar-refractivity contribution >= 4 is 37.1 Å². The molecule has 0 unspecified atom stereocenters. The molecule has 0 aliphatic heterocycles. The van der Waals surface area contributed by atoms with Gasteiger partial charge >= 0.3 is 6.03 Å². The summed E-state index contributed by atoms with van der Waals surface area (Å²) >= 11 is 0. The van der Waals surface area contributed by atoms with Crippen LogP contribution in [0.25, 0.3) is 16.7 Å². The van der Waals surface area contributed by atoms with Crippen molar-refractivity contribution < 1.29 is 21.6 Å². The van der Waals surface area contributed by atoms with Crippen molar-refractivity contribution in [2.45, 2.75) is 36.5 Å². The third kappa shape index (κ3) is 5.98. The summed E-state index contributed by atoms with van der Waals surface area (Å²) in [5, 5.41) is 7.82. The maximum absolute atomic E-state index is 12.3. The number of benzene rings is 3. The SMILES string of the molecule is CCc1nc2cc(S(N)(=O)=O)ccc2n1-c1ccc(CCNC(=O)NS(=O)(=O)c2ccc(C)cc2)cc1. The summed E-state index contributed by atoms with van der Waals surface area (Å²) in [6.07, 6.45) is 1.12. The molecule has 0 aliphatic carbocycles. The molecular weight excluding hydrogens is 514 g/mol. The summed E-state index contributed by atoms with van der Waals surface area (Å²) in [7, 11) is -7.78. The lowest BCUT2D eigenvalue weighted by atomic mass is 10.1. The van der Waals surface area contributed by atoms with Gasteiger partial charge in [0.25, 0.3) is 10.0 Å². The van der Waals surface area contributed by atoms with E-state index in [4.69, 9.17) is 5.14 Å². The highest BCUT2D eigenvalue weighted by Crippen LogP contribution is 2.24. The van der Waals surface area contributed by atoms with Gasteiger partial charge in [0.05, 0.1) is 20.8 Å². The number of amides is 2. The van der Waals surface area contributed by atoms with Crippen molar-refractivity contribution in [2.75, 3.05) is 6.54 Å². The molecule has 0 saturated heterocycles. The normalized spacial score (nSPS) is 12.0. The van der Waals surface area contributed by atoms with Crippen LogP contribution in [0.3, 0.4) is 0 Å². The second-order valence-corrected chi connectivity index (χ2v) is 11.7. The highest BCUT2D eigenvalue weighted by atomic mass is 32.2. The van der Waals surface area contributed by atoms with Crippen molar-refractivity contribution in [3.05, 3.63) is 83.7 Å². The molecule has 1 aromatic heterocycles. The van der Waals surface area contributed by atoms with E-state index < -0.39 is 26.1 Å². The van der Waals surface area contributed by atoms with Crippen molar-refractivity contribution in [1.29, 1.82) is 0 Å². The van der Waals surface area contributed by atoms with Gasteiger partial charge in [-0.05, 0) is 61.4 Å². The number of imidazole rings is 1. The first-order chi connectivity index (χ1) is 17.5. The summed E-state index contributed by atoms with van der Waals surface area (Å²) in [6.45, 7) is 4.04. The molecule has 0 saturated carbocycles. The highest BCUT2D eigenvalue weighted by Gasteiger charge is 2.17. The number of nitrogens with two attached hydrogens (primary N) is 1. The number of fused-ring (bicyclic) bond motifs is 1. The first kappa shape index (κ1) is 26.3. The highest BCUT2D eigenvalue weighted by molar-refractivity contribution is 7.90. The second kappa shape index (κ2) is 10.3. The predicted octanol–water partition coefficient (Wildman–Crippen LogP) is 2.77. The van der Waals surface area contributed by atoms with E-state index in [0.717, 1.165) is 28.2 Å². The fourth-order valence-corrected chi connectivity index (χ4v) is 5.34. The van der Waals surface area contributed by atoms with Crippen LogP contribution in [-0.4, -0.2) is 39.0 Å². The fourth-order valence-electron chi connectivity index (χ4n) is 3.88. The zero-order valence-electron chi connectivity index (χ0n) is 20.3. The van der Waals surface area contributed by atoms with Gasteiger partial charge in [0.2, 0.25) is 10.0 Å². The number of sulfonamides is 2. The Morgan fingerprint density at radius 1 is 0.946 bits per heavy atom. The largest absolute Gasteiger partial charge is 0.337 e. The Morgan fingerprint density at radius 3 is 2.22 bits per heavy atom. The van der Waals surface area contributed by atoms with E-state index in [1.165, 1.54) is 24.3 Å². The van der Waals surface area contributed by atoms with Crippen LogP contribution in [-0.2, 0) is 32.9 Å². The molecule has 0 radical (unpaired) electrons. The van der Waals surface area contributed by atoms with Crippen molar-refractivity contribution in [2.24, 2.45) is 5.14 Å². The number of carbonyl (C=O) groups is 1. The topological polar surface area (TPSA) is 153 Å². The molecule has 0 atom stereocenters. The van der Waals surface area contributed by atoms with E-state index in [-0.39, 0.29) is 16.3 Å². The summed E-state index contributed by atoms with van der Waals surface area (Å²) < 4.78 is 52.0. The molecule has 37 heavy (non-hydrogen) atoms. The quantitative estimate of drug-likeness (QED) is 0.312. The number of rotatable bonds is 8. The minimum absolute atomic E-state index is 0.00542. The Kier molecular flexibility index (Phi) is 7.35. The first-order valence-electron chi connectivity index (χ1n) is 11.5. The number of carbonyl (C=O) groups excluding carboxylic acids is 1. The molecule has 2 amide bonds. The molecule has 4 N–H and O–H groups in total. The van der Waals surface area contributed by atoms with E-state index in [9.17, 15) is 21.6 Å². The summed E-state index contributed by atoms with van der Waals surface area (Å²) in [5.74, 6) is 0.766. The molecule has 0 aliphatic rings. The van der Waals surface area contributed by atoms with Crippen LogP contribution in [0.2, 0.25) is 0 Å². The number of aromatic nitrogens is 2. The molecular formula is C25H27N5O5S2. The molecule has 194 valence electrons. The molecule has 12 heteroatoms. The maximum Gasteiger partial charge on any atom is 0.328 e. The van der Waals surface area contributed by atoms with Crippen LogP contribution in [0, 0.1) is 6.92 Å². The molecule has 4 aromatic rings. The summed E-state index contributed by atoms with van der Waals surface area (Å²) in [5.41, 5.74) is 3.98. The van der Waals surface area contributed by atoms with Gasteiger partial charge in [-0.2, -0.15) is 0 Å². The van der Waals surface area contributed by atoms with Crippen LogP contribution in [0.1, 0.15) is 23.9 Å². The Labute approximate surface area is 215 Å². The Bertz CT molecular complexity index is 1660. The standard InChI is InChI=1S/C25H27N5O5S2/c1-3-24-28-22-16-21(36(26,32)33)12-13-23(22)30(24)19-8-6-18(7-9-19)14-15-27-25(31)29-37(34,35)20-10-4-17(2)5-11-20/h4-13,16H,3,14-15H2,1-2H3,(H2,26,32,33)(H2,27,29,31). The summed E-state index contributed by atoms with van der Waals surface area (Å²) in [6, 6.07) is 17.6. The third-order valence-corrected chi connectivity index (χ3v) is 8.05. The minimum Gasteiger partial charge on any atom is -0.337 e. The number of primary sulfonamides is 1. The second-order valence-electron chi connectivity index (χ2n) is 8.50. The number of aryl methyl sites for hydroxylation is 2. The van der Waals surface area contributed by atoms with E-state index in [1.807, 2.05) is 47.4 Å². The Morgan fingerprint density at radius 2 is 1.59 bits per heavy atom. The zero-order valence-corrected chi connectivity index (χ0v) is 21.9. The lowest BCUT2D eigenvalue weighted by Crippen LogP contribution is -2.40. The van der Waals surface area contributed by atoms with Crippen LogP contribution < -0.4 is 15.2 Å². The number of nitrogens with zero attached hydrogens (tertiary/aromatic N) is 2. The van der Waals surface area contributed by atoms with Gasteiger partial charge in [-0.3, -0.25) is 4.57 Å². The maximum atomic E-state index is 12.3. The molecule has 3 aromatic carbocycles. The molecule has 1 heterocycles. The zero-order chi connectivity index (χ0) is 26.8. The lowest BCUT2D eigenvalue weighted by molar-refractivity contribution is 0.246. The van der Waals surface area contributed by atoms with Gasteiger partial charge in [-0.1, -0.05) is 36.8 Å². The lowest BCUT2D eigenvalue weighted by Gasteiger charge is -2.11. The van der Waals surface area contributed by atoms with Gasteiger partial charge in [-0.15, -0.1) is 0 Å². The molecule has 4 rings (SSSR count). The fraction of sp³-hybridized carbons (Fsp3) is 0.200. The van der Waals surface area contributed by atoms with Gasteiger partial charge in [0.15, 0.2) is 0 Å². The number of urea groups is 1. The average Bonchev–Trinajstić information content (AvgIpc) is 3.22. The monoisotopic (exact) mass is 541 g/mol. The first-order valence-corrected chi connectivity index (χ1v) is 14.5. The molecule has 10 nitrogen and oxygen atoms in total. The van der Waals surface area contributed by atoms with Gasteiger partial charge in [0, 0.05) is 18.7 Å². The molecule has 0 spiro atoms. The Balaban J connectivity index is 1.42. The number of nitrogens with one attached hydrogen (secondary N) is 2. The minimum atomic E-state index is -3.95. The molecule has 0 bridgehead atoms. The van der Waals surface area contributed by atoms with Crippen molar-refractivity contribution in [1.82, 2.24) is 19.6 Å². The van der Waals surface area contributed by atoms with E-state index >= 15 is 0 Å². The predicted molar refractivity (Wildman–Crippen MR) is 140 cm³/mol. The summed E-state index contributed by atoms with van der Waals surface area (Å²) in [4.78, 5) is 16.7. The van der Waals surface area contributed by atoms with Crippen LogP contribution in [0.4, 0.5) is 4.79 Å². The van der Waals surface area contributed by atoms with Crippen LogP contribution in [0.5, 0.6) is 0 Å². The van der Waals surface area contributed by atoms with E-state index in [2.05, 4.69) is 10.3 Å². The number of hydrogen-bond acceptors (Lipinski definition) is 6. The average molecular weight is 542 g/mol. The van der Waals surface area contributed by atoms with Crippen LogP contribution in [0.15, 0.2) is 76.5 Å².